The van der Waals surface area contributed by atoms with Crippen molar-refractivity contribution in [1.82, 2.24) is 10.2 Å². The van der Waals surface area contributed by atoms with Gasteiger partial charge in [-0.3, -0.25) is 14.5 Å². The molecule has 138 valence electrons. The van der Waals surface area contributed by atoms with Gasteiger partial charge in [-0.2, -0.15) is 0 Å². The van der Waals surface area contributed by atoms with Crippen molar-refractivity contribution < 1.29 is 19.4 Å². The number of likely N-dealkylation sites (tertiary alicyclic amines) is 1. The summed E-state index contributed by atoms with van der Waals surface area (Å²) in [7, 11) is 0. The van der Waals surface area contributed by atoms with Gasteiger partial charge in [-0.05, 0) is 57.4 Å². The molecule has 1 aromatic rings. The number of carbonyl (C=O) groups is 2. The summed E-state index contributed by atoms with van der Waals surface area (Å²) in [6.07, 6.45) is 2.44. The minimum Gasteiger partial charge on any atom is -0.491 e. The predicted molar refractivity (Wildman–Crippen MR) is 95.7 cm³/mol. The summed E-state index contributed by atoms with van der Waals surface area (Å²) in [5, 5.41) is 12.0. The standard InChI is InChI=1S/C19H28N2O4/c1-14(2)25-17-7-5-15(6-8-17)9-10-20-18(22)13-21-11-3-4-16(12-21)19(23)24/h5-8,14,16H,3-4,9-13H2,1-2H3,(H,20,22)(H,23,24). The average Bonchev–Trinajstić information content (AvgIpc) is 2.56. The second kappa shape index (κ2) is 9.42. The molecule has 25 heavy (non-hydrogen) atoms. The Bertz CT molecular complexity index is 571. The molecule has 6 heteroatoms. The number of rotatable bonds is 8. The van der Waals surface area contributed by atoms with E-state index in [1.165, 1.54) is 0 Å². The lowest BCUT2D eigenvalue weighted by molar-refractivity contribution is -0.144. The molecule has 1 heterocycles. The number of ether oxygens (including phenoxy) is 1. The summed E-state index contributed by atoms with van der Waals surface area (Å²) in [6, 6.07) is 7.89. The minimum atomic E-state index is -0.769. The molecule has 1 aliphatic heterocycles. The Morgan fingerprint density at radius 3 is 2.68 bits per heavy atom. The lowest BCUT2D eigenvalue weighted by Crippen LogP contribution is -2.44. The molecule has 0 saturated carbocycles. The first-order valence-electron chi connectivity index (χ1n) is 8.91. The summed E-state index contributed by atoms with van der Waals surface area (Å²) in [5.41, 5.74) is 1.14. The van der Waals surface area contributed by atoms with Crippen molar-refractivity contribution in [3.05, 3.63) is 29.8 Å². The molecule has 1 amide bonds. The van der Waals surface area contributed by atoms with E-state index in [9.17, 15) is 9.59 Å². The zero-order valence-corrected chi connectivity index (χ0v) is 15.0. The zero-order chi connectivity index (χ0) is 18.2. The van der Waals surface area contributed by atoms with Crippen molar-refractivity contribution in [2.75, 3.05) is 26.2 Å². The van der Waals surface area contributed by atoms with Gasteiger partial charge in [-0.25, -0.2) is 0 Å². The van der Waals surface area contributed by atoms with Crippen LogP contribution in [0.4, 0.5) is 0 Å². The van der Waals surface area contributed by atoms with E-state index in [4.69, 9.17) is 9.84 Å². The van der Waals surface area contributed by atoms with E-state index in [1.54, 1.807) is 0 Å². The van der Waals surface area contributed by atoms with Gasteiger partial charge in [-0.1, -0.05) is 12.1 Å². The molecule has 0 aliphatic carbocycles. The Hall–Kier alpha value is -2.08. The normalized spacial score (nSPS) is 18.1. The smallest absolute Gasteiger partial charge is 0.307 e. The van der Waals surface area contributed by atoms with E-state index in [2.05, 4.69) is 5.32 Å². The molecule has 2 rings (SSSR count). The fourth-order valence-corrected chi connectivity index (χ4v) is 3.01. The number of carbonyl (C=O) groups excluding carboxylic acids is 1. The Morgan fingerprint density at radius 1 is 1.32 bits per heavy atom. The highest BCUT2D eigenvalue weighted by Gasteiger charge is 2.26. The number of amides is 1. The SMILES string of the molecule is CC(C)Oc1ccc(CCNC(=O)CN2CCCC(C(=O)O)C2)cc1. The van der Waals surface area contributed by atoms with E-state index in [0.717, 1.165) is 30.7 Å². The van der Waals surface area contributed by atoms with Crippen molar-refractivity contribution >= 4 is 11.9 Å². The monoisotopic (exact) mass is 348 g/mol. The highest BCUT2D eigenvalue weighted by molar-refractivity contribution is 5.78. The van der Waals surface area contributed by atoms with Crippen LogP contribution < -0.4 is 10.1 Å². The van der Waals surface area contributed by atoms with E-state index in [-0.39, 0.29) is 24.5 Å². The number of carboxylic acid groups (broad SMARTS) is 1. The third kappa shape index (κ3) is 6.74. The molecule has 1 saturated heterocycles. The maximum absolute atomic E-state index is 12.0. The van der Waals surface area contributed by atoms with Gasteiger partial charge in [0, 0.05) is 13.1 Å². The van der Waals surface area contributed by atoms with Crippen molar-refractivity contribution in [3.63, 3.8) is 0 Å². The van der Waals surface area contributed by atoms with Gasteiger partial charge in [-0.15, -0.1) is 0 Å². The van der Waals surface area contributed by atoms with Crippen molar-refractivity contribution in [1.29, 1.82) is 0 Å². The van der Waals surface area contributed by atoms with Gasteiger partial charge < -0.3 is 15.2 Å². The molecule has 2 N–H and O–H groups in total. The van der Waals surface area contributed by atoms with Crippen LogP contribution in [0.5, 0.6) is 5.75 Å². The van der Waals surface area contributed by atoms with E-state index >= 15 is 0 Å². The number of nitrogens with one attached hydrogen (secondary N) is 1. The number of hydrogen-bond acceptors (Lipinski definition) is 4. The Balaban J connectivity index is 1.69. The molecular formula is C19H28N2O4. The largest absolute Gasteiger partial charge is 0.491 e. The number of benzene rings is 1. The fraction of sp³-hybridized carbons (Fsp3) is 0.579. The number of nitrogens with zero attached hydrogens (tertiary/aromatic N) is 1. The lowest BCUT2D eigenvalue weighted by atomic mass is 9.98. The van der Waals surface area contributed by atoms with Crippen LogP contribution in [0.15, 0.2) is 24.3 Å². The number of carboxylic acids is 1. The molecule has 0 radical (unpaired) electrons. The van der Waals surface area contributed by atoms with Crippen LogP contribution in [0, 0.1) is 5.92 Å². The van der Waals surface area contributed by atoms with Crippen molar-refractivity contribution in [2.24, 2.45) is 5.92 Å². The summed E-state index contributed by atoms with van der Waals surface area (Å²) in [6.45, 7) is 6.06. The van der Waals surface area contributed by atoms with Gasteiger partial charge in [0.25, 0.3) is 0 Å². The quantitative estimate of drug-likeness (QED) is 0.750. The van der Waals surface area contributed by atoms with Gasteiger partial charge in [0.1, 0.15) is 5.75 Å². The summed E-state index contributed by atoms with van der Waals surface area (Å²) in [5.74, 6) is -0.324. The van der Waals surface area contributed by atoms with Crippen LogP contribution in [-0.2, 0) is 16.0 Å². The zero-order valence-electron chi connectivity index (χ0n) is 15.0. The Labute approximate surface area is 149 Å². The van der Waals surface area contributed by atoms with Crippen LogP contribution in [-0.4, -0.2) is 54.2 Å². The molecule has 1 fully saturated rings. The Morgan fingerprint density at radius 2 is 2.04 bits per heavy atom. The van der Waals surface area contributed by atoms with Crippen LogP contribution >= 0.6 is 0 Å². The molecular weight excluding hydrogens is 320 g/mol. The molecule has 0 aromatic heterocycles. The second-order valence-electron chi connectivity index (χ2n) is 6.82. The average molecular weight is 348 g/mol. The van der Waals surface area contributed by atoms with Crippen molar-refractivity contribution in [3.8, 4) is 5.75 Å². The maximum Gasteiger partial charge on any atom is 0.307 e. The highest BCUT2D eigenvalue weighted by Crippen LogP contribution is 2.16. The first-order chi connectivity index (χ1) is 11.9. The summed E-state index contributed by atoms with van der Waals surface area (Å²) < 4.78 is 5.60. The second-order valence-corrected chi connectivity index (χ2v) is 6.82. The van der Waals surface area contributed by atoms with Crippen LogP contribution in [0.3, 0.4) is 0 Å². The third-order valence-corrected chi connectivity index (χ3v) is 4.25. The number of piperidine rings is 1. The first kappa shape index (κ1) is 19.2. The van der Waals surface area contributed by atoms with Crippen LogP contribution in [0.1, 0.15) is 32.3 Å². The topological polar surface area (TPSA) is 78.9 Å². The first-order valence-corrected chi connectivity index (χ1v) is 8.91. The van der Waals surface area contributed by atoms with Crippen LogP contribution in [0.2, 0.25) is 0 Å². The summed E-state index contributed by atoms with van der Waals surface area (Å²) in [4.78, 5) is 25.0. The predicted octanol–water partition coefficient (Wildman–Crippen LogP) is 1.93. The molecule has 0 spiro atoms. The van der Waals surface area contributed by atoms with Gasteiger partial charge in [0.15, 0.2) is 0 Å². The molecule has 0 bridgehead atoms. The van der Waals surface area contributed by atoms with Crippen molar-refractivity contribution in [2.45, 2.75) is 39.2 Å². The molecule has 1 atom stereocenters. The van der Waals surface area contributed by atoms with Crippen LogP contribution in [0.25, 0.3) is 0 Å². The summed E-state index contributed by atoms with van der Waals surface area (Å²) >= 11 is 0. The molecule has 1 aromatic carbocycles. The van der Waals surface area contributed by atoms with Gasteiger partial charge in [0.2, 0.25) is 5.91 Å². The molecule has 1 unspecified atom stereocenters. The number of aliphatic carboxylic acids is 1. The lowest BCUT2D eigenvalue weighted by Gasteiger charge is -2.29. The minimum absolute atomic E-state index is 0.0502. The molecule has 6 nitrogen and oxygen atoms in total. The third-order valence-electron chi connectivity index (χ3n) is 4.25. The molecule has 1 aliphatic rings. The van der Waals surface area contributed by atoms with E-state index in [1.807, 2.05) is 43.0 Å². The van der Waals surface area contributed by atoms with E-state index < -0.39 is 5.97 Å². The Kier molecular flexibility index (Phi) is 7.25. The van der Waals surface area contributed by atoms with Gasteiger partial charge >= 0.3 is 5.97 Å². The fourth-order valence-electron chi connectivity index (χ4n) is 3.01. The van der Waals surface area contributed by atoms with E-state index in [0.29, 0.717) is 19.5 Å². The maximum atomic E-state index is 12.0. The van der Waals surface area contributed by atoms with Gasteiger partial charge in [0.05, 0.1) is 18.6 Å². The highest BCUT2D eigenvalue weighted by atomic mass is 16.5. The number of hydrogen-bond donors (Lipinski definition) is 2.